The van der Waals surface area contributed by atoms with Gasteiger partial charge in [-0.2, -0.15) is 0 Å². The van der Waals surface area contributed by atoms with Gasteiger partial charge in [0, 0.05) is 41.7 Å². The lowest BCUT2D eigenvalue weighted by Crippen LogP contribution is -2.39. The van der Waals surface area contributed by atoms with Gasteiger partial charge < -0.3 is 4.74 Å². The molecule has 31 heavy (non-hydrogen) atoms. The lowest BCUT2D eigenvalue weighted by molar-refractivity contribution is 0.0376. The third kappa shape index (κ3) is 5.23. The zero-order valence-electron chi connectivity index (χ0n) is 17.8. The van der Waals surface area contributed by atoms with Gasteiger partial charge in [0.15, 0.2) is 5.13 Å². The topological polar surface area (TPSA) is 45.7 Å². The number of carbonyl (C=O) groups is 1. The number of thioether (sulfide) groups is 1. The van der Waals surface area contributed by atoms with E-state index in [9.17, 15) is 4.79 Å². The van der Waals surface area contributed by atoms with E-state index in [1.54, 1.807) is 23.1 Å². The summed E-state index contributed by atoms with van der Waals surface area (Å²) in [5, 5.41) is 1.42. The van der Waals surface area contributed by atoms with Crippen LogP contribution in [0.25, 0.3) is 10.2 Å². The summed E-state index contributed by atoms with van der Waals surface area (Å²) in [4.78, 5) is 23.7. The van der Waals surface area contributed by atoms with E-state index in [-0.39, 0.29) is 5.91 Å². The first kappa shape index (κ1) is 22.6. The molecule has 2 heterocycles. The van der Waals surface area contributed by atoms with Gasteiger partial charge in [0.2, 0.25) is 0 Å². The van der Waals surface area contributed by atoms with Gasteiger partial charge in [-0.1, -0.05) is 22.9 Å². The number of fused-ring (bicyclic) bond motifs is 1. The molecule has 0 aliphatic carbocycles. The van der Waals surface area contributed by atoms with Crippen LogP contribution in [0, 0.1) is 6.92 Å². The molecular formula is C23H26ClN3O2S2. The van der Waals surface area contributed by atoms with Crippen molar-refractivity contribution >= 4 is 56.0 Å². The van der Waals surface area contributed by atoms with E-state index >= 15 is 0 Å². The number of rotatable bonds is 7. The van der Waals surface area contributed by atoms with E-state index in [2.05, 4.69) is 4.90 Å². The molecule has 5 nitrogen and oxygen atoms in total. The second-order valence-electron chi connectivity index (χ2n) is 7.51. The Kier molecular flexibility index (Phi) is 7.51. The van der Waals surface area contributed by atoms with E-state index in [1.165, 1.54) is 0 Å². The first-order chi connectivity index (χ1) is 15.1. The number of nitrogens with zero attached hydrogens (tertiary/aromatic N) is 3. The Bertz CT molecular complexity index is 1050. The van der Waals surface area contributed by atoms with Gasteiger partial charge in [-0.15, -0.1) is 11.8 Å². The van der Waals surface area contributed by atoms with Crippen LogP contribution in [0.2, 0.25) is 5.02 Å². The molecule has 1 amide bonds. The van der Waals surface area contributed by atoms with E-state index in [0.717, 1.165) is 65.1 Å². The number of morpholine rings is 1. The number of aryl methyl sites for hydroxylation is 1. The van der Waals surface area contributed by atoms with Crippen LogP contribution in [0.1, 0.15) is 22.3 Å². The Morgan fingerprint density at radius 2 is 1.97 bits per heavy atom. The van der Waals surface area contributed by atoms with Crippen molar-refractivity contribution in [2.45, 2.75) is 18.2 Å². The van der Waals surface area contributed by atoms with Crippen molar-refractivity contribution in [2.75, 3.05) is 50.5 Å². The van der Waals surface area contributed by atoms with Crippen LogP contribution in [0.15, 0.2) is 41.3 Å². The van der Waals surface area contributed by atoms with Gasteiger partial charge in [0.05, 0.1) is 23.4 Å². The lowest BCUT2D eigenvalue weighted by atomic mass is 10.2. The monoisotopic (exact) mass is 475 g/mol. The zero-order valence-corrected chi connectivity index (χ0v) is 20.2. The first-order valence-corrected chi connectivity index (χ1v) is 12.8. The molecule has 0 atom stereocenters. The quantitative estimate of drug-likeness (QED) is 0.431. The van der Waals surface area contributed by atoms with Crippen LogP contribution in [-0.2, 0) is 4.74 Å². The van der Waals surface area contributed by atoms with Crippen molar-refractivity contribution in [3.8, 4) is 0 Å². The Hall–Kier alpha value is -1.64. The second kappa shape index (κ2) is 10.3. The van der Waals surface area contributed by atoms with E-state index < -0.39 is 0 Å². The average Bonchev–Trinajstić information content (AvgIpc) is 3.24. The normalized spacial score (nSPS) is 14.8. The summed E-state index contributed by atoms with van der Waals surface area (Å²) in [5.41, 5.74) is 2.50. The molecule has 0 saturated carbocycles. The molecule has 4 rings (SSSR count). The number of ether oxygens (including phenoxy) is 1. The number of aromatic nitrogens is 1. The number of hydrogen-bond donors (Lipinski definition) is 0. The molecule has 3 aromatic rings. The van der Waals surface area contributed by atoms with Crippen molar-refractivity contribution in [2.24, 2.45) is 0 Å². The second-order valence-corrected chi connectivity index (χ2v) is 9.80. The van der Waals surface area contributed by atoms with Gasteiger partial charge >= 0.3 is 0 Å². The van der Waals surface area contributed by atoms with Crippen molar-refractivity contribution in [3.63, 3.8) is 0 Å². The van der Waals surface area contributed by atoms with Crippen molar-refractivity contribution < 1.29 is 9.53 Å². The van der Waals surface area contributed by atoms with Crippen molar-refractivity contribution in [1.29, 1.82) is 0 Å². The number of thiazole rings is 1. The smallest absolute Gasteiger partial charge is 0.260 e. The Balaban J connectivity index is 1.59. The minimum atomic E-state index is -0.0163. The summed E-state index contributed by atoms with van der Waals surface area (Å²) < 4.78 is 6.48. The van der Waals surface area contributed by atoms with Gasteiger partial charge in [-0.3, -0.25) is 14.6 Å². The summed E-state index contributed by atoms with van der Waals surface area (Å²) >= 11 is 9.51. The molecule has 0 radical (unpaired) electrons. The minimum absolute atomic E-state index is 0.0163. The lowest BCUT2D eigenvalue weighted by Gasteiger charge is -2.27. The maximum atomic E-state index is 13.5. The summed E-state index contributed by atoms with van der Waals surface area (Å²) in [6, 6.07) is 11.7. The van der Waals surface area contributed by atoms with Gasteiger partial charge in [-0.25, -0.2) is 4.98 Å². The molecule has 0 unspecified atom stereocenters. The molecule has 1 aromatic heterocycles. The molecule has 8 heteroatoms. The Morgan fingerprint density at radius 1 is 1.23 bits per heavy atom. The highest BCUT2D eigenvalue weighted by atomic mass is 35.5. The number of amides is 1. The number of hydrogen-bond acceptors (Lipinski definition) is 6. The van der Waals surface area contributed by atoms with Crippen LogP contribution >= 0.6 is 34.7 Å². The fraction of sp³-hybridized carbons (Fsp3) is 0.391. The maximum Gasteiger partial charge on any atom is 0.260 e. The predicted molar refractivity (Wildman–Crippen MR) is 131 cm³/mol. The molecule has 0 spiro atoms. The molecule has 0 N–H and O–H groups in total. The molecule has 1 aliphatic heterocycles. The number of halogens is 1. The third-order valence-corrected chi connectivity index (χ3v) is 7.71. The standard InChI is InChI=1S/C23H26ClN3O2S2/c1-16-19(24)8-9-20-21(16)25-23(31-20)27(11-3-10-26-12-14-29-15-13-26)22(28)17-4-6-18(30-2)7-5-17/h4-9H,3,10-15H2,1-2H3. The average molecular weight is 476 g/mol. The van der Waals surface area contributed by atoms with E-state index in [1.807, 2.05) is 54.5 Å². The number of carbonyl (C=O) groups excluding carboxylic acids is 1. The summed E-state index contributed by atoms with van der Waals surface area (Å²) in [6.45, 7) is 6.98. The van der Waals surface area contributed by atoms with Crippen LogP contribution in [0.4, 0.5) is 5.13 Å². The van der Waals surface area contributed by atoms with Gasteiger partial charge in [0.1, 0.15) is 0 Å². The molecule has 1 aliphatic rings. The van der Waals surface area contributed by atoms with Crippen LogP contribution in [-0.4, -0.2) is 61.4 Å². The number of benzene rings is 2. The molecular weight excluding hydrogens is 450 g/mol. The summed E-state index contributed by atoms with van der Waals surface area (Å²) in [5.74, 6) is -0.0163. The van der Waals surface area contributed by atoms with E-state index in [0.29, 0.717) is 17.1 Å². The third-order valence-electron chi connectivity index (χ3n) is 5.51. The Labute approximate surface area is 196 Å². The van der Waals surface area contributed by atoms with Crippen LogP contribution in [0.3, 0.4) is 0 Å². The molecule has 2 aromatic carbocycles. The highest BCUT2D eigenvalue weighted by molar-refractivity contribution is 7.98. The summed E-state index contributed by atoms with van der Waals surface area (Å²) in [7, 11) is 0. The minimum Gasteiger partial charge on any atom is -0.379 e. The first-order valence-electron chi connectivity index (χ1n) is 10.4. The van der Waals surface area contributed by atoms with E-state index in [4.69, 9.17) is 21.3 Å². The highest BCUT2D eigenvalue weighted by Gasteiger charge is 2.22. The largest absolute Gasteiger partial charge is 0.379 e. The fourth-order valence-electron chi connectivity index (χ4n) is 3.65. The Morgan fingerprint density at radius 3 is 2.68 bits per heavy atom. The van der Waals surface area contributed by atoms with Crippen molar-refractivity contribution in [1.82, 2.24) is 9.88 Å². The van der Waals surface area contributed by atoms with Gasteiger partial charge in [-0.05, 0) is 61.6 Å². The SMILES string of the molecule is CSc1ccc(C(=O)N(CCCN2CCOCC2)c2nc3c(C)c(Cl)ccc3s2)cc1. The van der Waals surface area contributed by atoms with Crippen LogP contribution < -0.4 is 4.90 Å². The summed E-state index contributed by atoms with van der Waals surface area (Å²) in [6.07, 6.45) is 2.91. The molecule has 1 saturated heterocycles. The molecule has 1 fully saturated rings. The molecule has 0 bridgehead atoms. The maximum absolute atomic E-state index is 13.5. The highest BCUT2D eigenvalue weighted by Crippen LogP contribution is 2.34. The van der Waals surface area contributed by atoms with Crippen molar-refractivity contribution in [3.05, 3.63) is 52.5 Å². The number of anilines is 1. The van der Waals surface area contributed by atoms with Crippen LogP contribution in [0.5, 0.6) is 0 Å². The predicted octanol–water partition coefficient (Wildman–Crippen LogP) is 5.35. The molecule has 164 valence electrons. The zero-order chi connectivity index (χ0) is 21.8. The van der Waals surface area contributed by atoms with Gasteiger partial charge in [0.25, 0.3) is 5.91 Å². The fourth-order valence-corrected chi connectivity index (χ4v) is 5.27.